The number of hydrogen-bond donors (Lipinski definition) is 1. The van der Waals surface area contributed by atoms with Crippen molar-refractivity contribution >= 4 is 22.5 Å². The summed E-state index contributed by atoms with van der Waals surface area (Å²) < 4.78 is 7.45. The fourth-order valence-corrected chi connectivity index (χ4v) is 1.13. The molecule has 0 radical (unpaired) electrons. The van der Waals surface area contributed by atoms with Crippen LogP contribution in [-0.2, 0) is 0 Å². The minimum Gasteiger partial charge on any atom is -0.361 e. The molecule has 1 heterocycles. The minimum absolute atomic E-state index is 0.488. The predicted octanol–water partition coefficient (Wildman–Crippen LogP) is 2.82. The van der Waals surface area contributed by atoms with Gasteiger partial charge in [-0.2, -0.15) is 0 Å². The lowest BCUT2D eigenvalue weighted by atomic mass is 10.2. The second kappa shape index (κ2) is 2.03. The van der Waals surface area contributed by atoms with E-state index in [4.69, 9.17) is 13.0 Å². The first kappa shape index (κ1) is 4.80. The van der Waals surface area contributed by atoms with E-state index in [0.717, 1.165) is 10.9 Å². The van der Waals surface area contributed by atoms with E-state index in [-0.39, 0.29) is 0 Å². The van der Waals surface area contributed by atoms with Crippen molar-refractivity contribution in [3.05, 3.63) is 35.5 Å². The van der Waals surface area contributed by atoms with Gasteiger partial charge in [0.2, 0.25) is 0 Å². The minimum atomic E-state index is 0.488. The van der Waals surface area contributed by atoms with Crippen LogP contribution in [0.4, 0.5) is 0 Å². The maximum absolute atomic E-state index is 7.45. The second-order valence-corrected chi connectivity index (χ2v) is 2.56. The first-order valence-corrected chi connectivity index (χ1v) is 3.38. The Balaban J connectivity index is 2.87. The highest BCUT2D eigenvalue weighted by Crippen LogP contribution is 2.17. The monoisotopic (exact) mass is 152 g/mol. The van der Waals surface area contributed by atoms with Gasteiger partial charge in [0.15, 0.2) is 0 Å². The molecule has 2 rings (SSSR count). The summed E-state index contributed by atoms with van der Waals surface area (Å²) in [5.41, 5.74) is 0.958. The van der Waals surface area contributed by atoms with Gasteiger partial charge in [-0.1, -0.05) is 11.6 Å². The number of nitrogens with one attached hydrogen (secondary N) is 1. The number of H-pyrrole nitrogens is 1. The molecular weight excluding hydrogens is 146 g/mol. The van der Waals surface area contributed by atoms with Crippen LogP contribution in [-0.4, -0.2) is 4.98 Å². The fourth-order valence-electron chi connectivity index (χ4n) is 0.953. The highest BCUT2D eigenvalue weighted by Gasteiger charge is 1.92. The Labute approximate surface area is 65.0 Å². The zero-order valence-corrected chi connectivity index (χ0v) is 5.94. The van der Waals surface area contributed by atoms with E-state index in [1.54, 1.807) is 18.3 Å². The summed E-state index contributed by atoms with van der Waals surface area (Å²) in [4.78, 5) is 2.97. The Morgan fingerprint density at radius 1 is 1.50 bits per heavy atom. The smallest absolute Gasteiger partial charge is 0.0645 e. The standard InChI is InChI=1S/C8H6ClN/c9-7-1-2-8-6(5-7)3-4-10-8/h1-5,10H/i3D. The predicted molar refractivity (Wildman–Crippen MR) is 43.3 cm³/mol. The van der Waals surface area contributed by atoms with E-state index in [1.165, 1.54) is 0 Å². The molecule has 0 aliphatic heterocycles. The van der Waals surface area contributed by atoms with Gasteiger partial charge in [-0.3, -0.25) is 0 Å². The number of benzene rings is 1. The lowest BCUT2D eigenvalue weighted by Crippen LogP contribution is -1.65. The molecule has 0 bridgehead atoms. The topological polar surface area (TPSA) is 15.8 Å². The molecule has 1 aromatic carbocycles. The van der Waals surface area contributed by atoms with Crippen LogP contribution in [0.2, 0.25) is 5.02 Å². The van der Waals surface area contributed by atoms with Crippen molar-refractivity contribution in [1.82, 2.24) is 4.98 Å². The van der Waals surface area contributed by atoms with Crippen molar-refractivity contribution in [2.24, 2.45) is 0 Å². The summed E-state index contributed by atoms with van der Waals surface area (Å²) in [6.07, 6.45) is 1.65. The first-order chi connectivity index (χ1) is 5.27. The molecule has 0 saturated heterocycles. The molecule has 50 valence electrons. The van der Waals surface area contributed by atoms with Gasteiger partial charge >= 0.3 is 0 Å². The summed E-state index contributed by atoms with van der Waals surface area (Å²) in [7, 11) is 0. The van der Waals surface area contributed by atoms with E-state index in [0.29, 0.717) is 11.1 Å². The van der Waals surface area contributed by atoms with Gasteiger partial charge in [0.25, 0.3) is 0 Å². The molecule has 2 aromatic rings. The molecule has 1 N–H and O–H groups in total. The summed E-state index contributed by atoms with van der Waals surface area (Å²) in [6.45, 7) is 0. The molecule has 0 saturated carbocycles. The zero-order chi connectivity index (χ0) is 7.84. The average molecular weight is 153 g/mol. The summed E-state index contributed by atoms with van der Waals surface area (Å²) >= 11 is 5.75. The van der Waals surface area contributed by atoms with E-state index >= 15 is 0 Å². The van der Waals surface area contributed by atoms with Crippen LogP contribution in [0, 0.1) is 0 Å². The van der Waals surface area contributed by atoms with Crippen molar-refractivity contribution < 1.29 is 1.37 Å². The molecule has 0 aliphatic carbocycles. The van der Waals surface area contributed by atoms with Crippen LogP contribution in [0.5, 0.6) is 0 Å². The molecular formula is C8H6ClN. The van der Waals surface area contributed by atoms with Gasteiger partial charge in [0, 0.05) is 22.1 Å². The van der Waals surface area contributed by atoms with Crippen LogP contribution >= 0.6 is 11.6 Å². The number of rotatable bonds is 0. The normalized spacial score (nSPS) is 11.9. The van der Waals surface area contributed by atoms with Gasteiger partial charge in [-0.15, -0.1) is 0 Å². The number of halogens is 1. The lowest BCUT2D eigenvalue weighted by molar-refractivity contribution is 1.48. The number of aromatic amines is 1. The maximum atomic E-state index is 7.45. The van der Waals surface area contributed by atoms with Crippen LogP contribution in [0.25, 0.3) is 10.9 Å². The largest absolute Gasteiger partial charge is 0.361 e. The van der Waals surface area contributed by atoms with Gasteiger partial charge in [0.1, 0.15) is 0 Å². The van der Waals surface area contributed by atoms with Crippen LogP contribution in [0.1, 0.15) is 1.37 Å². The quantitative estimate of drug-likeness (QED) is 0.598. The van der Waals surface area contributed by atoms with E-state index in [2.05, 4.69) is 4.98 Å². The van der Waals surface area contributed by atoms with Crippen LogP contribution in [0.3, 0.4) is 0 Å². The number of aromatic nitrogens is 1. The van der Waals surface area contributed by atoms with Crippen LogP contribution in [0.15, 0.2) is 30.4 Å². The lowest BCUT2D eigenvalue weighted by Gasteiger charge is -1.88. The van der Waals surface area contributed by atoms with Crippen LogP contribution < -0.4 is 0 Å². The molecule has 0 amide bonds. The molecule has 10 heavy (non-hydrogen) atoms. The molecule has 0 unspecified atom stereocenters. The van der Waals surface area contributed by atoms with Crippen molar-refractivity contribution in [1.29, 1.82) is 0 Å². The molecule has 1 nitrogen and oxygen atoms in total. The summed E-state index contributed by atoms with van der Waals surface area (Å²) in [6, 6.07) is 5.95. The third-order valence-corrected chi connectivity index (χ3v) is 1.67. The van der Waals surface area contributed by atoms with Gasteiger partial charge in [-0.05, 0) is 24.2 Å². The molecule has 0 spiro atoms. The molecule has 0 fully saturated rings. The van der Waals surface area contributed by atoms with Crippen molar-refractivity contribution in [3.8, 4) is 0 Å². The average Bonchev–Trinajstić information content (AvgIpc) is 2.33. The fraction of sp³-hybridized carbons (Fsp3) is 0. The Morgan fingerprint density at radius 2 is 2.40 bits per heavy atom. The Hall–Kier alpha value is -0.950. The molecule has 0 aliphatic rings. The maximum Gasteiger partial charge on any atom is 0.0645 e. The summed E-state index contributed by atoms with van der Waals surface area (Å²) in [5.74, 6) is 0. The SMILES string of the molecule is [2H]c1c[nH]c2ccc(Cl)cc12. The third-order valence-electron chi connectivity index (χ3n) is 1.44. The Morgan fingerprint density at radius 3 is 3.30 bits per heavy atom. The highest BCUT2D eigenvalue weighted by molar-refractivity contribution is 6.31. The first-order valence-electron chi connectivity index (χ1n) is 3.50. The van der Waals surface area contributed by atoms with Crippen molar-refractivity contribution in [3.63, 3.8) is 0 Å². The second-order valence-electron chi connectivity index (χ2n) is 2.12. The summed E-state index contributed by atoms with van der Waals surface area (Å²) in [5, 5.41) is 1.54. The van der Waals surface area contributed by atoms with E-state index < -0.39 is 0 Å². The van der Waals surface area contributed by atoms with Gasteiger partial charge < -0.3 is 4.98 Å². The molecule has 2 heteroatoms. The molecule has 0 atom stereocenters. The third kappa shape index (κ3) is 0.792. The number of fused-ring (bicyclic) bond motifs is 1. The number of hydrogen-bond acceptors (Lipinski definition) is 0. The van der Waals surface area contributed by atoms with Gasteiger partial charge in [0.05, 0.1) is 1.37 Å². The van der Waals surface area contributed by atoms with Gasteiger partial charge in [-0.25, -0.2) is 0 Å². The van der Waals surface area contributed by atoms with Crippen molar-refractivity contribution in [2.45, 2.75) is 0 Å². The van der Waals surface area contributed by atoms with E-state index in [1.807, 2.05) is 6.07 Å². The Bertz CT molecular complexity index is 394. The van der Waals surface area contributed by atoms with Crippen molar-refractivity contribution in [2.75, 3.05) is 0 Å². The highest BCUT2D eigenvalue weighted by atomic mass is 35.5. The Kier molecular flexibility index (Phi) is 0.974. The zero-order valence-electron chi connectivity index (χ0n) is 6.19. The van der Waals surface area contributed by atoms with E-state index in [9.17, 15) is 0 Å². The molecule has 1 aromatic heterocycles.